The van der Waals surface area contributed by atoms with Crippen molar-refractivity contribution in [3.63, 3.8) is 0 Å². The third kappa shape index (κ3) is 3.69. The van der Waals surface area contributed by atoms with Crippen LogP contribution in [-0.4, -0.2) is 34.2 Å². The summed E-state index contributed by atoms with van der Waals surface area (Å²) in [6, 6.07) is 9.68. The molecule has 3 rings (SSSR count). The van der Waals surface area contributed by atoms with Gasteiger partial charge in [0.2, 0.25) is 5.91 Å². The van der Waals surface area contributed by atoms with Crippen molar-refractivity contribution >= 4 is 11.9 Å². The number of nitrogens with zero attached hydrogens (tertiary/aromatic N) is 1. The van der Waals surface area contributed by atoms with Gasteiger partial charge in [-0.15, -0.1) is 0 Å². The summed E-state index contributed by atoms with van der Waals surface area (Å²) in [5.74, 6) is -2.39. The zero-order valence-electron chi connectivity index (χ0n) is 15.6. The molecule has 1 saturated heterocycles. The second kappa shape index (κ2) is 7.72. The molecular weight excluding hydrogens is 345 g/mol. The van der Waals surface area contributed by atoms with E-state index in [0.29, 0.717) is 12.8 Å². The molecule has 0 radical (unpaired) electrons. The monoisotopic (exact) mass is 367 g/mol. The van der Waals surface area contributed by atoms with Crippen LogP contribution in [0, 0.1) is 11.3 Å². The molecule has 1 N–H and O–H groups in total. The molecule has 26 heavy (non-hydrogen) atoms. The Morgan fingerprint density at radius 2 is 1.92 bits per heavy atom. The Morgan fingerprint density at radius 3 is 2.46 bits per heavy atom. The van der Waals surface area contributed by atoms with Crippen LogP contribution in [0.15, 0.2) is 41.8 Å². The average molecular weight is 367 g/mol. The maximum atomic E-state index is 12.4. The van der Waals surface area contributed by atoms with E-state index in [1.165, 1.54) is 0 Å². The van der Waals surface area contributed by atoms with E-state index in [1.54, 1.807) is 0 Å². The summed E-state index contributed by atoms with van der Waals surface area (Å²) < 4.78 is 5.76. The maximum Gasteiger partial charge on any atom is 1.00 e. The van der Waals surface area contributed by atoms with Gasteiger partial charge in [-0.25, -0.2) is 0 Å². The number of carbonyl (C=O) groups is 2. The molecule has 1 fully saturated rings. The molecule has 2 aliphatic rings. The first-order valence-electron chi connectivity index (χ1n) is 8.39. The Kier molecular flexibility index (Phi) is 6.23. The smallest absolute Gasteiger partial charge is 0.543 e. The van der Waals surface area contributed by atoms with E-state index in [2.05, 4.69) is 0 Å². The minimum absolute atomic E-state index is 0. The summed E-state index contributed by atoms with van der Waals surface area (Å²) in [5, 5.41) is 21.9. The number of benzene rings is 1. The molecule has 1 amide bonds. The SMILES string of the molecule is CC(C)(C)C1=C(C(=O)[O-])N2C(=O)[C@H]([C@H](O)CCc3ccccc3)[C@H]2O1.[Na+]. The summed E-state index contributed by atoms with van der Waals surface area (Å²) in [6.07, 6.45) is -0.623. The molecule has 7 heteroatoms. The number of aliphatic carboxylic acids is 1. The second-order valence-electron chi connectivity index (χ2n) is 7.55. The predicted octanol–water partition coefficient (Wildman–Crippen LogP) is -2.19. The minimum Gasteiger partial charge on any atom is -0.543 e. The van der Waals surface area contributed by atoms with Crippen LogP contribution in [0.3, 0.4) is 0 Å². The maximum absolute atomic E-state index is 12.4. The molecule has 0 aromatic heterocycles. The second-order valence-corrected chi connectivity index (χ2v) is 7.55. The van der Waals surface area contributed by atoms with E-state index < -0.39 is 35.5 Å². The van der Waals surface area contributed by atoms with Crippen molar-refractivity contribution in [3.8, 4) is 0 Å². The zero-order valence-corrected chi connectivity index (χ0v) is 17.6. The normalized spacial score (nSPS) is 22.9. The van der Waals surface area contributed by atoms with Crippen LogP contribution in [0.25, 0.3) is 0 Å². The van der Waals surface area contributed by atoms with Gasteiger partial charge in [0.25, 0.3) is 0 Å². The van der Waals surface area contributed by atoms with Crippen LogP contribution in [0.4, 0.5) is 0 Å². The fourth-order valence-corrected chi connectivity index (χ4v) is 3.35. The van der Waals surface area contributed by atoms with Crippen molar-refractivity contribution < 1.29 is 54.1 Å². The first kappa shape index (κ1) is 21.0. The Hall–Kier alpha value is -1.34. The van der Waals surface area contributed by atoms with Crippen LogP contribution in [0.1, 0.15) is 32.8 Å². The molecule has 1 aromatic rings. The van der Waals surface area contributed by atoms with Gasteiger partial charge in [-0.2, -0.15) is 0 Å². The molecule has 2 heterocycles. The van der Waals surface area contributed by atoms with Crippen LogP contribution in [0.2, 0.25) is 0 Å². The fourth-order valence-electron chi connectivity index (χ4n) is 3.35. The van der Waals surface area contributed by atoms with Crippen molar-refractivity contribution in [3.05, 3.63) is 47.4 Å². The molecule has 134 valence electrons. The number of rotatable bonds is 5. The van der Waals surface area contributed by atoms with Crippen LogP contribution >= 0.6 is 0 Å². The predicted molar refractivity (Wildman–Crippen MR) is 87.5 cm³/mol. The number of hydrogen-bond donors (Lipinski definition) is 1. The van der Waals surface area contributed by atoms with E-state index in [-0.39, 0.29) is 41.0 Å². The number of aliphatic hydroxyl groups excluding tert-OH is 1. The number of carboxylic acids is 1. The van der Waals surface area contributed by atoms with Gasteiger partial charge in [0.15, 0.2) is 6.23 Å². The standard InChI is InChI=1S/C19H23NO5.Na/c1-19(2,3)15-14(18(23)24)20-16(22)13(17(20)25-15)12(21)10-9-11-7-5-4-6-8-11;/h4-8,12-13,17,21H,9-10H2,1-3H3,(H,23,24);/q;+1/p-1/t12-,13+,17-;/m1./s1. The Labute approximate surface area is 175 Å². The molecule has 0 aliphatic carbocycles. The summed E-state index contributed by atoms with van der Waals surface area (Å²) in [7, 11) is 0. The van der Waals surface area contributed by atoms with E-state index in [1.807, 2.05) is 51.1 Å². The Bertz CT molecular complexity index is 725. The Morgan fingerprint density at radius 1 is 1.31 bits per heavy atom. The number of aliphatic hydroxyl groups is 1. The van der Waals surface area contributed by atoms with Crippen molar-refractivity contribution in [2.24, 2.45) is 11.3 Å². The zero-order chi connectivity index (χ0) is 18.4. The molecule has 0 spiro atoms. The molecule has 6 nitrogen and oxygen atoms in total. The van der Waals surface area contributed by atoms with Gasteiger partial charge in [-0.3, -0.25) is 9.69 Å². The van der Waals surface area contributed by atoms with Gasteiger partial charge in [0, 0.05) is 5.41 Å². The topological polar surface area (TPSA) is 89.9 Å². The number of amides is 1. The summed E-state index contributed by atoms with van der Waals surface area (Å²) >= 11 is 0. The van der Waals surface area contributed by atoms with Gasteiger partial charge in [0.05, 0.1) is 12.1 Å². The molecule has 1 aromatic carbocycles. The van der Waals surface area contributed by atoms with Gasteiger partial charge in [-0.1, -0.05) is 51.1 Å². The number of carboxylic acid groups (broad SMARTS) is 1. The van der Waals surface area contributed by atoms with Crippen molar-refractivity contribution in [1.29, 1.82) is 0 Å². The quantitative estimate of drug-likeness (QED) is 0.472. The van der Waals surface area contributed by atoms with E-state index in [9.17, 15) is 19.8 Å². The van der Waals surface area contributed by atoms with Gasteiger partial charge >= 0.3 is 29.6 Å². The summed E-state index contributed by atoms with van der Waals surface area (Å²) in [4.78, 5) is 25.0. The minimum atomic E-state index is -1.43. The number of hydrogen-bond acceptors (Lipinski definition) is 5. The number of aryl methyl sites for hydroxylation is 1. The third-order valence-electron chi connectivity index (χ3n) is 4.64. The largest absolute Gasteiger partial charge is 1.00 e. The molecule has 2 aliphatic heterocycles. The molecule has 0 unspecified atom stereocenters. The fraction of sp³-hybridized carbons (Fsp3) is 0.474. The number of carbonyl (C=O) groups excluding carboxylic acids is 2. The Balaban J connectivity index is 0.00000243. The van der Waals surface area contributed by atoms with Crippen LogP contribution < -0.4 is 34.7 Å². The van der Waals surface area contributed by atoms with Gasteiger partial charge < -0.3 is 19.7 Å². The summed E-state index contributed by atoms with van der Waals surface area (Å²) in [5.41, 5.74) is 0.280. The number of allylic oxidation sites excluding steroid dienone is 1. The average Bonchev–Trinajstić information content (AvgIpc) is 2.89. The summed E-state index contributed by atoms with van der Waals surface area (Å²) in [6.45, 7) is 5.42. The third-order valence-corrected chi connectivity index (χ3v) is 4.64. The van der Waals surface area contributed by atoms with Crippen molar-refractivity contribution in [2.45, 2.75) is 45.9 Å². The van der Waals surface area contributed by atoms with Crippen molar-refractivity contribution in [1.82, 2.24) is 4.90 Å². The number of β-lactam (4-membered cyclic amide) rings is 1. The first-order chi connectivity index (χ1) is 11.7. The molecule has 0 saturated carbocycles. The van der Waals surface area contributed by atoms with Crippen LogP contribution in [0.5, 0.6) is 0 Å². The van der Waals surface area contributed by atoms with E-state index in [4.69, 9.17) is 4.74 Å². The molecule has 3 atom stereocenters. The number of fused-ring (bicyclic) bond motifs is 1. The van der Waals surface area contributed by atoms with Crippen LogP contribution in [-0.2, 0) is 20.7 Å². The van der Waals surface area contributed by atoms with Gasteiger partial charge in [-0.05, 0) is 18.4 Å². The van der Waals surface area contributed by atoms with Crippen molar-refractivity contribution in [2.75, 3.05) is 0 Å². The first-order valence-corrected chi connectivity index (χ1v) is 8.39. The van der Waals surface area contributed by atoms with E-state index in [0.717, 1.165) is 10.5 Å². The molecule has 0 bridgehead atoms. The molecular formula is C19H22NNaO5. The van der Waals surface area contributed by atoms with Gasteiger partial charge in [0.1, 0.15) is 17.4 Å². The van der Waals surface area contributed by atoms with E-state index >= 15 is 0 Å². The number of ether oxygens (including phenoxy) is 1.